The van der Waals surface area contributed by atoms with Crippen LogP contribution in [0.3, 0.4) is 0 Å². The van der Waals surface area contributed by atoms with Crippen LogP contribution in [0.5, 0.6) is 0 Å². The van der Waals surface area contributed by atoms with Crippen molar-refractivity contribution in [3.63, 3.8) is 0 Å². The van der Waals surface area contributed by atoms with Crippen LogP contribution in [0.15, 0.2) is 30.3 Å². The Morgan fingerprint density at radius 2 is 2.04 bits per heavy atom. The largest absolute Gasteiger partial charge is 0.391 e. The average Bonchev–Trinajstić information content (AvgIpc) is 2.86. The highest BCUT2D eigenvalue weighted by atomic mass is 19.1. The summed E-state index contributed by atoms with van der Waals surface area (Å²) in [6.45, 7) is 5.97. The number of benzene rings is 1. The molecular weight excluding hydrogens is 321 g/mol. The first-order valence-electron chi connectivity index (χ1n) is 8.38. The molecule has 0 aliphatic heterocycles. The monoisotopic (exact) mass is 345 g/mol. The fraction of sp³-hybridized carbons (Fsp3) is 0.368. The number of nitrogens with zero attached hydrogens (tertiary/aromatic N) is 2. The van der Waals surface area contributed by atoms with Gasteiger partial charge in [0.05, 0.1) is 17.5 Å². The molecule has 25 heavy (non-hydrogen) atoms. The normalized spacial score (nSPS) is 12.5. The van der Waals surface area contributed by atoms with E-state index in [1.165, 1.54) is 18.2 Å². The van der Waals surface area contributed by atoms with Gasteiger partial charge in [0.15, 0.2) is 0 Å². The van der Waals surface area contributed by atoms with Gasteiger partial charge in [-0.05, 0) is 50.6 Å². The molecule has 1 amide bonds. The smallest absolute Gasteiger partial charge is 0.244 e. The van der Waals surface area contributed by atoms with E-state index in [2.05, 4.69) is 10.4 Å². The van der Waals surface area contributed by atoms with Gasteiger partial charge in [-0.2, -0.15) is 5.10 Å². The van der Waals surface area contributed by atoms with Crippen molar-refractivity contribution < 1.29 is 14.3 Å². The number of nitrogens with one attached hydrogen (secondary N) is 1. The van der Waals surface area contributed by atoms with Crippen molar-refractivity contribution in [1.82, 2.24) is 15.1 Å². The lowest BCUT2D eigenvalue weighted by Crippen LogP contribution is -2.30. The number of rotatable bonds is 7. The number of hydrogen-bond acceptors (Lipinski definition) is 3. The van der Waals surface area contributed by atoms with Crippen LogP contribution in [0.25, 0.3) is 11.8 Å². The van der Waals surface area contributed by atoms with Gasteiger partial charge in [0, 0.05) is 23.9 Å². The van der Waals surface area contributed by atoms with Crippen LogP contribution in [-0.4, -0.2) is 33.4 Å². The molecule has 134 valence electrons. The van der Waals surface area contributed by atoms with E-state index in [9.17, 15) is 14.3 Å². The molecule has 1 unspecified atom stereocenters. The Hall–Kier alpha value is -2.47. The topological polar surface area (TPSA) is 67.2 Å². The highest BCUT2D eigenvalue weighted by molar-refractivity contribution is 5.92. The molecule has 0 fully saturated rings. The van der Waals surface area contributed by atoms with Crippen molar-refractivity contribution in [3.05, 3.63) is 53.1 Å². The second-order valence-corrected chi connectivity index (χ2v) is 5.99. The van der Waals surface area contributed by atoms with Gasteiger partial charge in [-0.3, -0.25) is 4.79 Å². The summed E-state index contributed by atoms with van der Waals surface area (Å²) < 4.78 is 14.8. The minimum Gasteiger partial charge on any atom is -0.391 e. The van der Waals surface area contributed by atoms with Crippen molar-refractivity contribution in [2.45, 2.75) is 39.7 Å². The molecule has 1 aromatic heterocycles. The molecule has 2 rings (SSSR count). The number of amides is 1. The predicted octanol–water partition coefficient (Wildman–Crippen LogP) is 2.92. The maximum atomic E-state index is 13.1. The first-order valence-corrected chi connectivity index (χ1v) is 8.38. The number of aromatic nitrogens is 2. The Morgan fingerprint density at radius 3 is 2.68 bits per heavy atom. The van der Waals surface area contributed by atoms with Gasteiger partial charge in [0.2, 0.25) is 5.91 Å². The Bertz CT molecular complexity index is 751. The molecule has 0 aliphatic carbocycles. The number of halogens is 1. The fourth-order valence-electron chi connectivity index (χ4n) is 2.60. The quantitative estimate of drug-likeness (QED) is 0.758. The van der Waals surface area contributed by atoms with Crippen LogP contribution in [0, 0.1) is 19.7 Å². The Kier molecular flexibility index (Phi) is 6.47. The van der Waals surface area contributed by atoms with Gasteiger partial charge in [-0.25, -0.2) is 9.07 Å². The first kappa shape index (κ1) is 18.9. The summed E-state index contributed by atoms with van der Waals surface area (Å²) in [5.41, 5.74) is 3.23. The Morgan fingerprint density at radius 1 is 1.36 bits per heavy atom. The number of aliphatic hydroxyl groups is 1. The van der Waals surface area contributed by atoms with Crippen LogP contribution in [-0.2, 0) is 4.79 Å². The van der Waals surface area contributed by atoms with Gasteiger partial charge in [-0.15, -0.1) is 0 Å². The SMILES string of the molecule is CCCC(O)CNC(=O)/C=C/c1c(C)nn(-c2ccc(F)cc2)c1C. The molecule has 2 N–H and O–H groups in total. The molecule has 6 heteroatoms. The number of aliphatic hydroxyl groups excluding tert-OH is 1. The third kappa shape index (κ3) is 5.00. The highest BCUT2D eigenvalue weighted by Crippen LogP contribution is 2.19. The molecule has 0 saturated heterocycles. The van der Waals surface area contributed by atoms with Gasteiger partial charge in [0.1, 0.15) is 5.82 Å². The lowest BCUT2D eigenvalue weighted by molar-refractivity contribution is -0.116. The Labute approximate surface area is 147 Å². The van der Waals surface area contributed by atoms with Crippen LogP contribution in [0.4, 0.5) is 4.39 Å². The van der Waals surface area contributed by atoms with Crippen molar-refractivity contribution in [2.24, 2.45) is 0 Å². The molecule has 1 aromatic carbocycles. The maximum absolute atomic E-state index is 13.1. The van der Waals surface area contributed by atoms with Gasteiger partial charge >= 0.3 is 0 Å². The molecule has 1 atom stereocenters. The molecule has 0 aliphatic rings. The summed E-state index contributed by atoms with van der Waals surface area (Å²) in [6.07, 6.45) is 4.15. The second kappa shape index (κ2) is 8.58. The van der Waals surface area contributed by atoms with Crippen LogP contribution in [0.2, 0.25) is 0 Å². The standard InChI is InChI=1S/C19H24FN3O2/c1-4-5-17(24)12-21-19(25)11-10-18-13(2)22-23(14(18)3)16-8-6-15(20)7-9-16/h6-11,17,24H,4-5,12H2,1-3H3,(H,21,25)/b11-10+. The van der Waals surface area contributed by atoms with E-state index >= 15 is 0 Å². The number of hydrogen-bond donors (Lipinski definition) is 2. The van der Waals surface area contributed by atoms with Crippen molar-refractivity contribution in [3.8, 4) is 5.69 Å². The van der Waals surface area contributed by atoms with Crippen molar-refractivity contribution in [2.75, 3.05) is 6.54 Å². The van der Waals surface area contributed by atoms with Crippen LogP contribution in [0.1, 0.15) is 36.7 Å². The minimum absolute atomic E-state index is 0.240. The fourth-order valence-corrected chi connectivity index (χ4v) is 2.60. The van der Waals surface area contributed by atoms with Gasteiger partial charge in [0.25, 0.3) is 0 Å². The zero-order chi connectivity index (χ0) is 18.4. The van der Waals surface area contributed by atoms with E-state index in [4.69, 9.17) is 0 Å². The molecule has 0 radical (unpaired) electrons. The second-order valence-electron chi connectivity index (χ2n) is 5.99. The molecule has 0 saturated carbocycles. The zero-order valence-corrected chi connectivity index (χ0v) is 14.8. The number of carbonyl (C=O) groups is 1. The van der Waals surface area contributed by atoms with E-state index in [1.54, 1.807) is 22.9 Å². The van der Waals surface area contributed by atoms with E-state index < -0.39 is 6.10 Å². The van der Waals surface area contributed by atoms with E-state index in [0.29, 0.717) is 6.42 Å². The molecular formula is C19H24FN3O2. The van der Waals surface area contributed by atoms with E-state index in [0.717, 1.165) is 29.1 Å². The molecule has 5 nitrogen and oxygen atoms in total. The molecule has 1 heterocycles. The third-order valence-electron chi connectivity index (χ3n) is 3.95. The number of carbonyl (C=O) groups excluding carboxylic acids is 1. The van der Waals surface area contributed by atoms with Crippen molar-refractivity contribution >= 4 is 12.0 Å². The minimum atomic E-state index is -0.521. The summed E-state index contributed by atoms with van der Waals surface area (Å²) >= 11 is 0. The van der Waals surface area contributed by atoms with Gasteiger partial charge in [-0.1, -0.05) is 13.3 Å². The molecule has 2 aromatic rings. The summed E-state index contributed by atoms with van der Waals surface area (Å²) in [7, 11) is 0. The van der Waals surface area contributed by atoms with Crippen molar-refractivity contribution in [1.29, 1.82) is 0 Å². The summed E-state index contributed by atoms with van der Waals surface area (Å²) in [5.74, 6) is -0.559. The molecule has 0 bridgehead atoms. The summed E-state index contributed by atoms with van der Waals surface area (Å²) in [4.78, 5) is 11.9. The number of aryl methyl sites for hydroxylation is 1. The lowest BCUT2D eigenvalue weighted by atomic mass is 10.1. The summed E-state index contributed by atoms with van der Waals surface area (Å²) in [6, 6.07) is 6.08. The maximum Gasteiger partial charge on any atom is 0.244 e. The molecule has 0 spiro atoms. The average molecular weight is 345 g/mol. The van der Waals surface area contributed by atoms with Crippen LogP contribution >= 0.6 is 0 Å². The zero-order valence-electron chi connectivity index (χ0n) is 14.8. The van der Waals surface area contributed by atoms with E-state index in [-0.39, 0.29) is 18.3 Å². The lowest BCUT2D eigenvalue weighted by Gasteiger charge is -2.08. The third-order valence-corrected chi connectivity index (χ3v) is 3.95. The summed E-state index contributed by atoms with van der Waals surface area (Å²) in [5, 5.41) is 16.8. The first-order chi connectivity index (χ1) is 11.9. The highest BCUT2D eigenvalue weighted by Gasteiger charge is 2.11. The van der Waals surface area contributed by atoms with Gasteiger partial charge < -0.3 is 10.4 Å². The predicted molar refractivity (Wildman–Crippen MR) is 96.0 cm³/mol. The van der Waals surface area contributed by atoms with E-state index in [1.807, 2.05) is 20.8 Å². The van der Waals surface area contributed by atoms with Crippen LogP contribution < -0.4 is 5.32 Å². The Balaban J connectivity index is 2.10.